The van der Waals surface area contributed by atoms with Crippen LogP contribution in [0.25, 0.3) is 0 Å². The largest absolute Gasteiger partial charge is 0.497 e. The number of nitrogens with one attached hydrogen (secondary N) is 2. The minimum Gasteiger partial charge on any atom is -0.497 e. The fourth-order valence-electron chi connectivity index (χ4n) is 2.17. The van der Waals surface area contributed by atoms with Gasteiger partial charge in [-0.2, -0.15) is 0 Å². The number of likely N-dealkylation sites (N-methyl/N-ethyl adjacent to an activating group) is 1. The summed E-state index contributed by atoms with van der Waals surface area (Å²) in [5.41, 5.74) is 0. The molecule has 23 heavy (non-hydrogen) atoms. The first-order chi connectivity index (χ1) is 11.0. The minimum absolute atomic E-state index is 0.0829. The van der Waals surface area contributed by atoms with Gasteiger partial charge in [0, 0.05) is 13.5 Å². The molecule has 0 radical (unpaired) electrons. The zero-order valence-electron chi connectivity index (χ0n) is 14.0. The van der Waals surface area contributed by atoms with Gasteiger partial charge in [-0.05, 0) is 12.8 Å². The van der Waals surface area contributed by atoms with Gasteiger partial charge >= 0.3 is 0 Å². The van der Waals surface area contributed by atoms with Crippen molar-refractivity contribution >= 4 is 18.3 Å². The predicted octanol–water partition coefficient (Wildman–Crippen LogP) is 2.33. The summed E-state index contributed by atoms with van der Waals surface area (Å²) in [4.78, 5) is 21.7. The Kier molecular flexibility index (Phi) is 12.4. The van der Waals surface area contributed by atoms with E-state index in [2.05, 4.69) is 11.9 Å². The molecule has 1 amide bonds. The third-order valence-corrected chi connectivity index (χ3v) is 3.41. The lowest BCUT2D eigenvalue weighted by Crippen LogP contribution is -2.42. The molecule has 1 heterocycles. The average molecular weight is 327 g/mol. The molecule has 0 atom stereocenters. The highest BCUT2D eigenvalue weighted by molar-refractivity contribution is 5.95. The molecular weight excluding hydrogens is 298 g/mol. The summed E-state index contributed by atoms with van der Waals surface area (Å²) in [5, 5.41) is 17.3. The molecule has 0 aliphatic carbocycles. The van der Waals surface area contributed by atoms with Crippen LogP contribution in [0.5, 0.6) is 0 Å². The quantitative estimate of drug-likeness (QED) is 0.593. The van der Waals surface area contributed by atoms with Crippen molar-refractivity contribution in [1.82, 2.24) is 10.2 Å². The summed E-state index contributed by atoms with van der Waals surface area (Å²) in [7, 11) is 1.75. The van der Waals surface area contributed by atoms with Gasteiger partial charge < -0.3 is 14.7 Å². The van der Waals surface area contributed by atoms with E-state index in [0.29, 0.717) is 25.3 Å². The van der Waals surface area contributed by atoms with Crippen molar-refractivity contribution in [3.05, 3.63) is 12.3 Å². The summed E-state index contributed by atoms with van der Waals surface area (Å²) in [6.07, 6.45) is 8.35. The Balaban J connectivity index is 0.00000149. The number of carboxylic acid groups (broad SMARTS) is 1. The van der Waals surface area contributed by atoms with Gasteiger partial charge in [-0.1, -0.05) is 38.7 Å². The standard InChI is InChI=1S/C15H27N3O2.CH2O2/c1-13-12-18(2)15(16)17-14(19)10-8-6-4-3-5-7-9-11-20-13;2-1-3/h1,3-12H2,2H3,(H2,16,17,19);1H,(H,2,3). The Hall–Kier alpha value is -2.05. The van der Waals surface area contributed by atoms with Crippen LogP contribution in [0.15, 0.2) is 12.3 Å². The number of nitrogens with zero attached hydrogens (tertiary/aromatic N) is 1. The number of amides is 1. The molecule has 1 aliphatic rings. The van der Waals surface area contributed by atoms with Gasteiger partial charge in [0.25, 0.3) is 6.47 Å². The first-order valence-electron chi connectivity index (χ1n) is 7.99. The second kappa shape index (κ2) is 13.6. The van der Waals surface area contributed by atoms with Crippen molar-refractivity contribution in [2.45, 2.75) is 51.4 Å². The minimum atomic E-state index is -0.250. The molecule has 0 unspecified atom stereocenters. The highest BCUT2D eigenvalue weighted by Crippen LogP contribution is 2.10. The monoisotopic (exact) mass is 327 g/mol. The Morgan fingerprint density at radius 2 is 1.74 bits per heavy atom. The van der Waals surface area contributed by atoms with Crippen molar-refractivity contribution in [3.8, 4) is 0 Å². The van der Waals surface area contributed by atoms with Gasteiger partial charge in [0.05, 0.1) is 13.2 Å². The second-order valence-corrected chi connectivity index (χ2v) is 5.47. The molecule has 0 spiro atoms. The van der Waals surface area contributed by atoms with Crippen LogP contribution in [0.2, 0.25) is 0 Å². The summed E-state index contributed by atoms with van der Waals surface area (Å²) in [6, 6.07) is 0. The maximum atomic E-state index is 11.7. The third kappa shape index (κ3) is 12.2. The molecule has 1 rings (SSSR count). The maximum absolute atomic E-state index is 11.7. The van der Waals surface area contributed by atoms with E-state index < -0.39 is 0 Å². The molecule has 1 saturated heterocycles. The average Bonchev–Trinajstić information content (AvgIpc) is 2.48. The first-order valence-corrected chi connectivity index (χ1v) is 7.99. The summed E-state index contributed by atoms with van der Waals surface area (Å²) in [5.74, 6) is 0.658. The number of carbonyl (C=O) groups is 2. The Morgan fingerprint density at radius 3 is 2.35 bits per heavy atom. The van der Waals surface area contributed by atoms with Crippen LogP contribution in [-0.4, -0.2) is 48.5 Å². The van der Waals surface area contributed by atoms with Gasteiger partial charge in [0.2, 0.25) is 5.91 Å². The molecule has 0 aromatic carbocycles. The van der Waals surface area contributed by atoms with Crippen molar-refractivity contribution in [2.24, 2.45) is 0 Å². The van der Waals surface area contributed by atoms with E-state index in [4.69, 9.17) is 20.0 Å². The van der Waals surface area contributed by atoms with E-state index in [-0.39, 0.29) is 18.3 Å². The Labute approximate surface area is 138 Å². The number of guanidine groups is 1. The molecule has 1 fully saturated rings. The van der Waals surface area contributed by atoms with Crippen molar-refractivity contribution in [2.75, 3.05) is 20.2 Å². The molecule has 7 heteroatoms. The number of carbonyl (C=O) groups excluding carboxylic acids is 1. The van der Waals surface area contributed by atoms with Crippen molar-refractivity contribution in [1.29, 1.82) is 5.41 Å². The lowest BCUT2D eigenvalue weighted by atomic mass is 10.1. The number of ether oxygens (including phenoxy) is 1. The van der Waals surface area contributed by atoms with Crippen LogP contribution in [0.3, 0.4) is 0 Å². The van der Waals surface area contributed by atoms with E-state index >= 15 is 0 Å². The van der Waals surface area contributed by atoms with E-state index in [0.717, 1.165) is 19.3 Å². The molecule has 132 valence electrons. The third-order valence-electron chi connectivity index (χ3n) is 3.41. The zero-order chi connectivity index (χ0) is 17.5. The molecule has 3 N–H and O–H groups in total. The highest BCUT2D eigenvalue weighted by Gasteiger charge is 2.10. The van der Waals surface area contributed by atoms with Gasteiger partial charge in [-0.15, -0.1) is 0 Å². The lowest BCUT2D eigenvalue weighted by molar-refractivity contribution is -0.123. The zero-order valence-corrected chi connectivity index (χ0v) is 14.0. The van der Waals surface area contributed by atoms with Gasteiger partial charge in [0.15, 0.2) is 5.96 Å². The summed E-state index contributed by atoms with van der Waals surface area (Å²) >= 11 is 0. The second-order valence-electron chi connectivity index (χ2n) is 5.47. The molecule has 0 aromatic heterocycles. The maximum Gasteiger partial charge on any atom is 0.290 e. The fourth-order valence-corrected chi connectivity index (χ4v) is 2.17. The fraction of sp³-hybridized carbons (Fsp3) is 0.688. The van der Waals surface area contributed by atoms with E-state index in [1.807, 2.05) is 0 Å². The molecular formula is C16H29N3O4. The number of rotatable bonds is 0. The Morgan fingerprint density at radius 1 is 1.22 bits per heavy atom. The van der Waals surface area contributed by atoms with Crippen LogP contribution in [-0.2, 0) is 14.3 Å². The molecule has 1 aliphatic heterocycles. The molecule has 0 aromatic rings. The van der Waals surface area contributed by atoms with Crippen LogP contribution < -0.4 is 5.32 Å². The van der Waals surface area contributed by atoms with Crippen molar-refractivity contribution < 1.29 is 19.4 Å². The SMILES string of the molecule is C=C1CN(C)C(=N)NC(=O)CCCCCCCCCO1.O=CO. The Bertz CT molecular complexity index is 386. The smallest absolute Gasteiger partial charge is 0.290 e. The number of hydrogen-bond acceptors (Lipinski definition) is 4. The summed E-state index contributed by atoms with van der Waals surface area (Å²) < 4.78 is 5.54. The van der Waals surface area contributed by atoms with Crippen LogP contribution in [0.1, 0.15) is 51.4 Å². The van der Waals surface area contributed by atoms with Crippen molar-refractivity contribution in [3.63, 3.8) is 0 Å². The van der Waals surface area contributed by atoms with Crippen LogP contribution >= 0.6 is 0 Å². The van der Waals surface area contributed by atoms with Crippen LogP contribution in [0, 0.1) is 5.41 Å². The van der Waals surface area contributed by atoms with Gasteiger partial charge in [-0.3, -0.25) is 20.3 Å². The lowest BCUT2D eigenvalue weighted by Gasteiger charge is -2.21. The van der Waals surface area contributed by atoms with Crippen LogP contribution in [0.4, 0.5) is 0 Å². The van der Waals surface area contributed by atoms with Gasteiger partial charge in [-0.25, -0.2) is 0 Å². The molecule has 0 saturated carbocycles. The first kappa shape index (κ1) is 20.9. The van der Waals surface area contributed by atoms with Gasteiger partial charge in [0.1, 0.15) is 5.76 Å². The highest BCUT2D eigenvalue weighted by atomic mass is 16.5. The predicted molar refractivity (Wildman–Crippen MR) is 89.2 cm³/mol. The summed E-state index contributed by atoms with van der Waals surface area (Å²) in [6.45, 7) is 4.71. The molecule has 0 bridgehead atoms. The van der Waals surface area contributed by atoms with E-state index in [9.17, 15) is 4.79 Å². The molecule has 7 nitrogen and oxygen atoms in total. The number of hydrogen-bond donors (Lipinski definition) is 3. The normalized spacial score (nSPS) is 19.0. The van der Waals surface area contributed by atoms with E-state index in [1.54, 1.807) is 11.9 Å². The van der Waals surface area contributed by atoms with E-state index in [1.165, 1.54) is 25.7 Å². The topological polar surface area (TPSA) is 103 Å².